The minimum atomic E-state index is -0.764. The van der Waals surface area contributed by atoms with Gasteiger partial charge in [0.2, 0.25) is 5.88 Å². The van der Waals surface area contributed by atoms with Gasteiger partial charge < -0.3 is 15.2 Å². The number of hydrogen-bond donors (Lipinski definition) is 2. The molecule has 4 aromatic rings. The lowest BCUT2D eigenvalue weighted by molar-refractivity contribution is -0.383. The molecule has 0 bridgehead atoms. The summed E-state index contributed by atoms with van der Waals surface area (Å²) in [5, 5.41) is 34.2. The number of benzene rings is 3. The molecule has 2 heterocycles. The number of ether oxygens (including phenoxy) is 1. The molecule has 1 aliphatic heterocycles. The number of nitro benzene ring substituents is 1. The van der Waals surface area contributed by atoms with E-state index in [-0.39, 0.29) is 28.5 Å². The highest BCUT2D eigenvalue weighted by Gasteiger charge is 2.21. The number of aryl methyl sites for hydroxylation is 1. The van der Waals surface area contributed by atoms with Crippen molar-refractivity contribution in [2.75, 3.05) is 31.6 Å². The molecule has 0 aliphatic carbocycles. The van der Waals surface area contributed by atoms with Crippen LogP contribution < -0.4 is 5.32 Å². The molecule has 0 saturated carbocycles. The maximum absolute atomic E-state index is 12.9. The summed E-state index contributed by atoms with van der Waals surface area (Å²) in [4.78, 5) is 26.2. The minimum absolute atomic E-state index is 0.00597. The van der Waals surface area contributed by atoms with E-state index in [1.165, 1.54) is 18.2 Å². The van der Waals surface area contributed by atoms with E-state index >= 15 is 0 Å². The molecule has 11 nitrogen and oxygen atoms in total. The number of para-hydroxylation sites is 1. The number of hydrogen-bond acceptors (Lipinski definition) is 8. The molecule has 1 fully saturated rings. The maximum atomic E-state index is 12.9. The lowest BCUT2D eigenvalue weighted by atomic mass is 10.1. The topological polar surface area (TPSA) is 135 Å². The molecule has 3 aromatic carbocycles. The first-order valence-electron chi connectivity index (χ1n) is 12.1. The van der Waals surface area contributed by atoms with Gasteiger partial charge in [0.05, 0.1) is 35.9 Å². The van der Waals surface area contributed by atoms with Crippen LogP contribution in [0.3, 0.4) is 0 Å². The van der Waals surface area contributed by atoms with Gasteiger partial charge in [-0.2, -0.15) is 0 Å². The van der Waals surface area contributed by atoms with E-state index in [2.05, 4.69) is 20.4 Å². The van der Waals surface area contributed by atoms with Gasteiger partial charge >= 0.3 is 0 Å². The number of carbonyl (C=O) groups excluding carboxylic acids is 1. The van der Waals surface area contributed by atoms with Crippen molar-refractivity contribution in [3.63, 3.8) is 0 Å². The average molecular weight is 515 g/mol. The van der Waals surface area contributed by atoms with Crippen LogP contribution in [0, 0.1) is 17.0 Å². The number of nitrogens with one attached hydrogen (secondary N) is 1. The van der Waals surface area contributed by atoms with Crippen molar-refractivity contribution in [3.8, 4) is 5.88 Å². The van der Waals surface area contributed by atoms with Crippen LogP contribution in [0.5, 0.6) is 5.88 Å². The molecular formula is C27H26N6O5. The van der Waals surface area contributed by atoms with E-state index in [1.807, 2.05) is 49.4 Å². The predicted molar refractivity (Wildman–Crippen MR) is 142 cm³/mol. The number of aromatic nitrogens is 1. The van der Waals surface area contributed by atoms with Crippen LogP contribution in [0.25, 0.3) is 10.9 Å². The van der Waals surface area contributed by atoms with E-state index < -0.39 is 10.8 Å². The van der Waals surface area contributed by atoms with Gasteiger partial charge in [0, 0.05) is 30.2 Å². The number of azo groups is 1. The summed E-state index contributed by atoms with van der Waals surface area (Å²) < 4.78 is 7.12. The van der Waals surface area contributed by atoms with Crippen molar-refractivity contribution >= 4 is 39.6 Å². The molecule has 1 aliphatic rings. The number of morpholine rings is 1. The number of carbonyl (C=O) groups is 1. The number of amides is 1. The SMILES string of the molecule is Cc1ccc(Nc2ccc(C(=O)N=Nc3c(O)n(CN4CCOCC4)c4ccccc34)cc2[N+](=O)[O-])cc1. The molecule has 1 amide bonds. The summed E-state index contributed by atoms with van der Waals surface area (Å²) >= 11 is 0. The fourth-order valence-electron chi connectivity index (χ4n) is 4.32. The summed E-state index contributed by atoms with van der Waals surface area (Å²) in [5.74, 6) is -0.878. The Morgan fingerprint density at radius 3 is 2.58 bits per heavy atom. The van der Waals surface area contributed by atoms with Gasteiger partial charge in [-0.3, -0.25) is 24.4 Å². The van der Waals surface area contributed by atoms with Crippen LogP contribution in [-0.4, -0.2) is 51.7 Å². The van der Waals surface area contributed by atoms with Crippen molar-refractivity contribution in [2.45, 2.75) is 13.6 Å². The van der Waals surface area contributed by atoms with E-state index in [9.17, 15) is 20.0 Å². The van der Waals surface area contributed by atoms with Crippen molar-refractivity contribution < 1.29 is 19.6 Å². The van der Waals surface area contributed by atoms with Crippen LogP contribution >= 0.6 is 0 Å². The number of anilines is 2. The Hall–Kier alpha value is -4.61. The molecule has 0 unspecified atom stereocenters. The number of aromatic hydroxyl groups is 1. The first kappa shape index (κ1) is 25.1. The van der Waals surface area contributed by atoms with Crippen molar-refractivity contribution in [1.82, 2.24) is 9.47 Å². The molecule has 0 atom stereocenters. The number of fused-ring (bicyclic) bond motifs is 1. The molecular weight excluding hydrogens is 488 g/mol. The van der Waals surface area contributed by atoms with Crippen LogP contribution in [-0.2, 0) is 11.4 Å². The van der Waals surface area contributed by atoms with Gasteiger partial charge in [-0.1, -0.05) is 35.9 Å². The van der Waals surface area contributed by atoms with Gasteiger partial charge in [-0.05, 0) is 37.3 Å². The first-order valence-corrected chi connectivity index (χ1v) is 12.1. The van der Waals surface area contributed by atoms with Crippen molar-refractivity contribution in [2.24, 2.45) is 10.2 Å². The van der Waals surface area contributed by atoms with E-state index in [0.29, 0.717) is 31.0 Å². The Bertz CT molecular complexity index is 1520. The van der Waals surface area contributed by atoms with E-state index in [1.54, 1.807) is 10.6 Å². The Morgan fingerprint density at radius 1 is 1.11 bits per heavy atom. The summed E-state index contributed by atoms with van der Waals surface area (Å²) in [7, 11) is 0. The molecule has 11 heteroatoms. The Balaban J connectivity index is 1.41. The second-order valence-corrected chi connectivity index (χ2v) is 8.97. The van der Waals surface area contributed by atoms with Gasteiger partial charge in [-0.25, -0.2) is 0 Å². The largest absolute Gasteiger partial charge is 0.493 e. The summed E-state index contributed by atoms with van der Waals surface area (Å²) in [5.41, 5.74) is 2.64. The van der Waals surface area contributed by atoms with Crippen LogP contribution in [0.15, 0.2) is 77.0 Å². The fourth-order valence-corrected chi connectivity index (χ4v) is 4.32. The molecule has 0 spiro atoms. The molecule has 1 saturated heterocycles. The molecule has 2 N–H and O–H groups in total. The molecule has 5 rings (SSSR count). The monoisotopic (exact) mass is 514 g/mol. The summed E-state index contributed by atoms with van der Waals surface area (Å²) in [6, 6.07) is 18.8. The third-order valence-electron chi connectivity index (χ3n) is 6.38. The van der Waals surface area contributed by atoms with Crippen LogP contribution in [0.2, 0.25) is 0 Å². The molecule has 0 radical (unpaired) electrons. The summed E-state index contributed by atoms with van der Waals surface area (Å²) in [6.07, 6.45) is 0. The zero-order valence-corrected chi connectivity index (χ0v) is 20.7. The minimum Gasteiger partial charge on any atom is -0.493 e. The van der Waals surface area contributed by atoms with Gasteiger partial charge in [0.1, 0.15) is 5.69 Å². The van der Waals surface area contributed by atoms with Crippen molar-refractivity contribution in [3.05, 3.63) is 88.0 Å². The zero-order valence-electron chi connectivity index (χ0n) is 20.7. The van der Waals surface area contributed by atoms with Crippen molar-refractivity contribution in [1.29, 1.82) is 0 Å². The van der Waals surface area contributed by atoms with Crippen LogP contribution in [0.1, 0.15) is 15.9 Å². The van der Waals surface area contributed by atoms with Gasteiger partial charge in [0.25, 0.3) is 11.6 Å². The number of nitrogens with zero attached hydrogens (tertiary/aromatic N) is 5. The first-order chi connectivity index (χ1) is 18.4. The molecule has 1 aromatic heterocycles. The highest BCUT2D eigenvalue weighted by Crippen LogP contribution is 2.39. The number of nitro groups is 1. The Morgan fingerprint density at radius 2 is 1.84 bits per heavy atom. The quantitative estimate of drug-likeness (QED) is 0.188. The van der Waals surface area contributed by atoms with Gasteiger partial charge in [0.15, 0.2) is 5.69 Å². The van der Waals surface area contributed by atoms with E-state index in [0.717, 1.165) is 24.2 Å². The standard InChI is InChI=1S/C27H26N6O5/c1-18-6-9-20(10-7-18)28-22-11-8-19(16-24(22)33(36)37)26(34)30-29-25-21-4-2-3-5-23(21)32(27(25)35)17-31-12-14-38-15-13-31/h2-11,16,28,35H,12-15,17H2,1H3. The van der Waals surface area contributed by atoms with Gasteiger partial charge in [-0.15, -0.1) is 10.2 Å². The maximum Gasteiger partial charge on any atom is 0.295 e. The summed E-state index contributed by atoms with van der Waals surface area (Å²) in [6.45, 7) is 5.08. The second kappa shape index (κ2) is 10.8. The smallest absolute Gasteiger partial charge is 0.295 e. The third kappa shape index (κ3) is 5.24. The molecule has 194 valence electrons. The number of rotatable bonds is 7. The van der Waals surface area contributed by atoms with E-state index in [4.69, 9.17) is 4.74 Å². The molecule has 38 heavy (non-hydrogen) atoms. The lowest BCUT2D eigenvalue weighted by Crippen LogP contribution is -2.37. The highest BCUT2D eigenvalue weighted by atomic mass is 16.6. The second-order valence-electron chi connectivity index (χ2n) is 8.97. The zero-order chi connectivity index (χ0) is 26.6. The highest BCUT2D eigenvalue weighted by molar-refractivity contribution is 5.98. The normalized spacial score (nSPS) is 14.2. The third-order valence-corrected chi connectivity index (χ3v) is 6.38. The fraction of sp³-hybridized carbons (Fsp3) is 0.222. The Kier molecular flexibility index (Phi) is 7.11. The lowest BCUT2D eigenvalue weighted by Gasteiger charge is -2.27. The average Bonchev–Trinajstić information content (AvgIpc) is 3.19. The predicted octanol–water partition coefficient (Wildman–Crippen LogP) is 5.52. The Labute approximate surface area is 218 Å². The van der Waals surface area contributed by atoms with Crippen LogP contribution in [0.4, 0.5) is 22.7 Å².